The number of rotatable bonds is 8. The number of aromatic carboxylic acids is 1. The number of anilines is 2. The van der Waals surface area contributed by atoms with Gasteiger partial charge in [-0.25, -0.2) is 19.7 Å². The lowest BCUT2D eigenvalue weighted by Crippen LogP contribution is -2.13. The fourth-order valence-electron chi connectivity index (χ4n) is 3.54. The van der Waals surface area contributed by atoms with Crippen LogP contribution in [0.5, 0.6) is 0 Å². The van der Waals surface area contributed by atoms with Crippen molar-refractivity contribution in [3.05, 3.63) is 66.1 Å². The van der Waals surface area contributed by atoms with Crippen LogP contribution in [0, 0.1) is 0 Å². The first-order valence-electron chi connectivity index (χ1n) is 10.3. The molecule has 0 aliphatic rings. The van der Waals surface area contributed by atoms with Crippen molar-refractivity contribution in [2.45, 2.75) is 19.8 Å². The number of fused-ring (bicyclic) bond motifs is 3. The number of carboxylic acids is 1. The Morgan fingerprint density at radius 3 is 2.65 bits per heavy atom. The van der Waals surface area contributed by atoms with Crippen molar-refractivity contribution in [2.24, 2.45) is 0 Å². The Morgan fingerprint density at radius 1 is 1.10 bits per heavy atom. The van der Waals surface area contributed by atoms with Gasteiger partial charge in [0.15, 0.2) is 5.82 Å². The highest BCUT2D eigenvalue weighted by atomic mass is 16.5. The predicted octanol–water partition coefficient (Wildman–Crippen LogP) is 4.61. The molecule has 0 bridgehead atoms. The van der Waals surface area contributed by atoms with Crippen LogP contribution in [-0.4, -0.2) is 46.3 Å². The third-order valence-electron chi connectivity index (χ3n) is 5.17. The lowest BCUT2D eigenvalue weighted by atomic mass is 10.1. The van der Waals surface area contributed by atoms with E-state index in [0.717, 1.165) is 34.2 Å². The zero-order chi connectivity index (χ0) is 21.8. The standard InChI is InChI=1S/C24H24N4O3/c1-3-31-13-7-10-21-25-15-19-18-12-11-16(24(29)30)14-20(18)26-23(22(19)27-21)28(2)17-8-5-4-6-9-17/h4-6,8-9,11-12,14-15H,3,7,10,13H2,1-2H3,(H,29,30). The molecule has 1 N–H and O–H groups in total. The van der Waals surface area contributed by atoms with Gasteiger partial charge >= 0.3 is 5.97 Å². The van der Waals surface area contributed by atoms with Crippen molar-refractivity contribution < 1.29 is 14.6 Å². The Kier molecular flexibility index (Phi) is 6.04. The summed E-state index contributed by atoms with van der Waals surface area (Å²) < 4.78 is 5.43. The molecule has 0 unspecified atom stereocenters. The second-order valence-electron chi connectivity index (χ2n) is 7.22. The van der Waals surface area contributed by atoms with E-state index in [1.165, 1.54) is 0 Å². The molecule has 2 aromatic carbocycles. The van der Waals surface area contributed by atoms with Gasteiger partial charge in [0.25, 0.3) is 0 Å². The Balaban J connectivity index is 1.87. The maximum Gasteiger partial charge on any atom is 0.335 e. The van der Waals surface area contributed by atoms with Gasteiger partial charge in [-0.3, -0.25) is 0 Å². The van der Waals surface area contributed by atoms with Crippen molar-refractivity contribution in [1.82, 2.24) is 15.0 Å². The quantitative estimate of drug-likeness (QED) is 0.331. The maximum absolute atomic E-state index is 11.5. The second kappa shape index (κ2) is 9.06. The number of hydrogen-bond acceptors (Lipinski definition) is 6. The molecule has 2 aromatic heterocycles. The number of hydrogen-bond donors (Lipinski definition) is 1. The molecular weight excluding hydrogens is 392 g/mol. The van der Waals surface area contributed by atoms with E-state index in [4.69, 9.17) is 14.7 Å². The normalized spacial score (nSPS) is 11.2. The fourth-order valence-corrected chi connectivity index (χ4v) is 3.54. The van der Waals surface area contributed by atoms with Gasteiger partial charge in [0.05, 0.1) is 11.1 Å². The highest BCUT2D eigenvalue weighted by molar-refractivity contribution is 6.10. The zero-order valence-electron chi connectivity index (χ0n) is 17.6. The molecule has 0 fully saturated rings. The minimum atomic E-state index is -0.984. The molecule has 0 spiro atoms. The molecule has 2 heterocycles. The van der Waals surface area contributed by atoms with E-state index >= 15 is 0 Å². The summed E-state index contributed by atoms with van der Waals surface area (Å²) in [6, 6.07) is 14.8. The van der Waals surface area contributed by atoms with E-state index in [2.05, 4.69) is 4.98 Å². The molecule has 31 heavy (non-hydrogen) atoms. The van der Waals surface area contributed by atoms with Gasteiger partial charge in [-0.15, -0.1) is 0 Å². The summed E-state index contributed by atoms with van der Waals surface area (Å²) in [6.07, 6.45) is 3.36. The molecule has 0 amide bonds. The summed E-state index contributed by atoms with van der Waals surface area (Å²) in [5, 5.41) is 11.1. The molecule has 0 radical (unpaired) electrons. The minimum Gasteiger partial charge on any atom is -0.478 e. The van der Waals surface area contributed by atoms with Gasteiger partial charge in [-0.1, -0.05) is 24.3 Å². The molecule has 7 heteroatoms. The lowest BCUT2D eigenvalue weighted by Gasteiger charge is -2.21. The molecule has 0 saturated carbocycles. The maximum atomic E-state index is 11.5. The monoisotopic (exact) mass is 416 g/mol. The smallest absolute Gasteiger partial charge is 0.335 e. The summed E-state index contributed by atoms with van der Waals surface area (Å²) in [4.78, 5) is 27.6. The van der Waals surface area contributed by atoms with Crippen LogP contribution in [0.25, 0.3) is 21.8 Å². The Hall–Kier alpha value is -3.58. The third-order valence-corrected chi connectivity index (χ3v) is 5.17. The average Bonchev–Trinajstić information content (AvgIpc) is 2.81. The number of carbonyl (C=O) groups is 1. The summed E-state index contributed by atoms with van der Waals surface area (Å²) in [5.41, 5.74) is 2.49. The number of pyridine rings is 1. The number of ether oxygens (including phenoxy) is 1. The van der Waals surface area contributed by atoms with Crippen molar-refractivity contribution >= 4 is 39.3 Å². The van der Waals surface area contributed by atoms with Crippen LogP contribution in [-0.2, 0) is 11.2 Å². The summed E-state index contributed by atoms with van der Waals surface area (Å²) in [5.74, 6) is 0.408. The van der Waals surface area contributed by atoms with Crippen molar-refractivity contribution in [3.8, 4) is 0 Å². The molecular formula is C24H24N4O3. The summed E-state index contributed by atoms with van der Waals surface area (Å²) in [6.45, 7) is 3.34. The van der Waals surface area contributed by atoms with E-state index < -0.39 is 5.97 Å². The van der Waals surface area contributed by atoms with Crippen LogP contribution in [0.3, 0.4) is 0 Å². The van der Waals surface area contributed by atoms with Crippen LogP contribution in [0.1, 0.15) is 29.5 Å². The number of carboxylic acid groups (broad SMARTS) is 1. The largest absolute Gasteiger partial charge is 0.478 e. The van der Waals surface area contributed by atoms with Gasteiger partial charge in [-0.05, 0) is 37.6 Å². The Morgan fingerprint density at radius 2 is 1.90 bits per heavy atom. The molecule has 7 nitrogen and oxygen atoms in total. The SMILES string of the molecule is CCOCCCc1ncc2c(n1)c(N(C)c1ccccc1)nc1cc(C(=O)O)ccc12. The number of para-hydroxylation sites is 1. The minimum absolute atomic E-state index is 0.195. The van der Waals surface area contributed by atoms with E-state index in [1.807, 2.05) is 55.4 Å². The highest BCUT2D eigenvalue weighted by Gasteiger charge is 2.17. The third kappa shape index (κ3) is 4.32. The number of benzene rings is 2. The van der Waals surface area contributed by atoms with Crippen LogP contribution in [0.15, 0.2) is 54.7 Å². The molecule has 4 rings (SSSR count). The van der Waals surface area contributed by atoms with Gasteiger partial charge < -0.3 is 14.7 Å². The highest BCUT2D eigenvalue weighted by Crippen LogP contribution is 2.33. The van der Waals surface area contributed by atoms with E-state index in [1.54, 1.807) is 18.2 Å². The van der Waals surface area contributed by atoms with E-state index in [0.29, 0.717) is 31.0 Å². The molecule has 0 aliphatic heterocycles. The first-order chi connectivity index (χ1) is 15.1. The first-order valence-corrected chi connectivity index (χ1v) is 10.3. The number of aryl methyl sites for hydroxylation is 1. The van der Waals surface area contributed by atoms with E-state index in [9.17, 15) is 9.90 Å². The lowest BCUT2D eigenvalue weighted by molar-refractivity contribution is 0.0697. The number of aromatic nitrogens is 3. The zero-order valence-corrected chi connectivity index (χ0v) is 17.6. The van der Waals surface area contributed by atoms with Crippen LogP contribution < -0.4 is 4.90 Å². The fraction of sp³-hybridized carbons (Fsp3) is 0.250. The molecule has 4 aromatic rings. The molecule has 158 valence electrons. The van der Waals surface area contributed by atoms with Crippen LogP contribution in [0.4, 0.5) is 11.5 Å². The Bertz CT molecular complexity index is 1230. The first kappa shape index (κ1) is 20.7. The van der Waals surface area contributed by atoms with Crippen molar-refractivity contribution in [2.75, 3.05) is 25.2 Å². The van der Waals surface area contributed by atoms with Gasteiger partial charge in [0, 0.05) is 49.3 Å². The average molecular weight is 416 g/mol. The van der Waals surface area contributed by atoms with Crippen LogP contribution in [0.2, 0.25) is 0 Å². The van der Waals surface area contributed by atoms with Crippen molar-refractivity contribution in [1.29, 1.82) is 0 Å². The van der Waals surface area contributed by atoms with Gasteiger partial charge in [-0.2, -0.15) is 0 Å². The molecule has 0 aliphatic carbocycles. The van der Waals surface area contributed by atoms with Gasteiger partial charge in [0.1, 0.15) is 11.3 Å². The second-order valence-corrected chi connectivity index (χ2v) is 7.22. The van der Waals surface area contributed by atoms with Crippen molar-refractivity contribution in [3.63, 3.8) is 0 Å². The predicted molar refractivity (Wildman–Crippen MR) is 121 cm³/mol. The molecule has 0 atom stereocenters. The van der Waals surface area contributed by atoms with Gasteiger partial charge in [0.2, 0.25) is 0 Å². The van der Waals surface area contributed by atoms with Crippen LogP contribution >= 0.6 is 0 Å². The summed E-state index contributed by atoms with van der Waals surface area (Å²) >= 11 is 0. The number of nitrogens with zero attached hydrogens (tertiary/aromatic N) is 4. The Labute approximate surface area is 180 Å². The summed E-state index contributed by atoms with van der Waals surface area (Å²) in [7, 11) is 1.93. The topological polar surface area (TPSA) is 88.4 Å². The van der Waals surface area contributed by atoms with E-state index in [-0.39, 0.29) is 5.56 Å². The molecule has 0 saturated heterocycles.